The molecule has 0 fully saturated rings. The maximum Gasteiger partial charge on any atom is 0.0533 e. The van der Waals surface area contributed by atoms with E-state index in [1.807, 2.05) is 0 Å². The van der Waals surface area contributed by atoms with Gasteiger partial charge in [0, 0.05) is 16.7 Å². The molecule has 0 radical (unpaired) electrons. The Morgan fingerprint density at radius 1 is 1.28 bits per heavy atom. The van der Waals surface area contributed by atoms with Crippen LogP contribution in [-0.2, 0) is 23.6 Å². The van der Waals surface area contributed by atoms with Crippen LogP contribution in [0.15, 0.2) is 17.0 Å². The maximum atomic E-state index is 12.3. The highest BCUT2D eigenvalue weighted by atomic mass is 32.2. The van der Waals surface area contributed by atoms with Gasteiger partial charge < -0.3 is 5.32 Å². The smallest absolute Gasteiger partial charge is 0.0533 e. The molecular weight excluding hydrogens is 242 g/mol. The van der Waals surface area contributed by atoms with Crippen molar-refractivity contribution in [3.63, 3.8) is 0 Å². The fourth-order valence-corrected chi connectivity index (χ4v) is 4.62. The Hall–Kier alpha value is -0.670. The molecule has 18 heavy (non-hydrogen) atoms. The predicted molar refractivity (Wildman–Crippen MR) is 75.4 cm³/mol. The van der Waals surface area contributed by atoms with Crippen LogP contribution in [0.25, 0.3) is 0 Å². The average molecular weight is 263 g/mol. The van der Waals surface area contributed by atoms with E-state index in [9.17, 15) is 4.21 Å². The number of benzene rings is 1. The molecule has 2 atom stereocenters. The van der Waals surface area contributed by atoms with Crippen LogP contribution in [0.3, 0.4) is 0 Å². The number of fused-ring (bicyclic) bond motifs is 2. The molecule has 3 rings (SSSR count). The van der Waals surface area contributed by atoms with Crippen LogP contribution in [0, 0.1) is 0 Å². The minimum atomic E-state index is -0.789. The largest absolute Gasteiger partial charge is 0.310 e. The van der Waals surface area contributed by atoms with Gasteiger partial charge in [0.1, 0.15) is 0 Å². The van der Waals surface area contributed by atoms with E-state index >= 15 is 0 Å². The summed E-state index contributed by atoms with van der Waals surface area (Å²) in [7, 11) is -0.789. The Bertz CT molecular complexity index is 484. The van der Waals surface area contributed by atoms with Crippen LogP contribution in [0.5, 0.6) is 0 Å². The number of hydrogen-bond donors (Lipinski definition) is 1. The van der Waals surface area contributed by atoms with Crippen LogP contribution in [0.4, 0.5) is 0 Å². The highest BCUT2D eigenvalue weighted by molar-refractivity contribution is 7.85. The average Bonchev–Trinajstić information content (AvgIpc) is 2.77. The molecule has 1 N–H and O–H groups in total. The summed E-state index contributed by atoms with van der Waals surface area (Å²) < 4.78 is 12.3. The molecule has 3 heteroatoms. The highest BCUT2D eigenvalue weighted by Gasteiger charge is 2.25. The van der Waals surface area contributed by atoms with Crippen molar-refractivity contribution in [3.8, 4) is 0 Å². The van der Waals surface area contributed by atoms with Gasteiger partial charge in [-0.1, -0.05) is 13.0 Å². The van der Waals surface area contributed by atoms with Crippen LogP contribution in [0.2, 0.25) is 0 Å². The lowest BCUT2D eigenvalue weighted by Gasteiger charge is -2.19. The monoisotopic (exact) mass is 263 g/mol. The van der Waals surface area contributed by atoms with Gasteiger partial charge in [-0.2, -0.15) is 0 Å². The summed E-state index contributed by atoms with van der Waals surface area (Å²) in [6.07, 6.45) is 5.81. The zero-order valence-electron chi connectivity index (χ0n) is 11.0. The molecule has 0 spiro atoms. The lowest BCUT2D eigenvalue weighted by molar-refractivity contribution is 0.508. The van der Waals surface area contributed by atoms with Crippen LogP contribution in [-0.4, -0.2) is 16.5 Å². The molecule has 1 aromatic carbocycles. The van der Waals surface area contributed by atoms with Crippen LogP contribution < -0.4 is 5.32 Å². The van der Waals surface area contributed by atoms with Crippen molar-refractivity contribution in [1.29, 1.82) is 0 Å². The molecule has 1 aromatic rings. The first kappa shape index (κ1) is 12.4. The SMILES string of the molecule is CCNC1CCCS(=O)c2cc3c(cc21)CCC3. The molecule has 0 saturated carbocycles. The Morgan fingerprint density at radius 3 is 2.83 bits per heavy atom. The third kappa shape index (κ3) is 2.14. The van der Waals surface area contributed by atoms with Crippen molar-refractivity contribution in [2.75, 3.05) is 12.3 Å². The second kappa shape index (κ2) is 5.14. The molecule has 1 heterocycles. The second-order valence-electron chi connectivity index (χ2n) is 5.31. The summed E-state index contributed by atoms with van der Waals surface area (Å²) in [6.45, 7) is 3.13. The van der Waals surface area contributed by atoms with E-state index in [-0.39, 0.29) is 0 Å². The number of rotatable bonds is 2. The molecule has 1 aliphatic carbocycles. The van der Waals surface area contributed by atoms with Gasteiger partial charge in [0.2, 0.25) is 0 Å². The molecule has 98 valence electrons. The van der Waals surface area contributed by atoms with Crippen molar-refractivity contribution in [1.82, 2.24) is 5.32 Å². The van der Waals surface area contributed by atoms with Gasteiger partial charge in [-0.15, -0.1) is 0 Å². The Kier molecular flexibility index (Phi) is 3.53. The lowest BCUT2D eigenvalue weighted by atomic mass is 9.98. The minimum absolute atomic E-state index is 0.405. The Labute approximate surface area is 112 Å². The first-order chi connectivity index (χ1) is 8.79. The third-order valence-corrected chi connectivity index (χ3v) is 5.62. The molecule has 0 amide bonds. The Balaban J connectivity index is 2.08. The van der Waals surface area contributed by atoms with Gasteiger partial charge in [-0.25, -0.2) is 0 Å². The number of hydrogen-bond acceptors (Lipinski definition) is 2. The molecule has 0 bridgehead atoms. The summed E-state index contributed by atoms with van der Waals surface area (Å²) >= 11 is 0. The minimum Gasteiger partial charge on any atom is -0.310 e. The number of nitrogens with one attached hydrogen (secondary N) is 1. The van der Waals surface area contributed by atoms with E-state index in [0.717, 1.165) is 30.0 Å². The lowest BCUT2D eigenvalue weighted by Crippen LogP contribution is -2.21. The van der Waals surface area contributed by atoms with E-state index in [2.05, 4.69) is 24.4 Å². The zero-order chi connectivity index (χ0) is 12.5. The van der Waals surface area contributed by atoms with Crippen molar-refractivity contribution in [2.24, 2.45) is 0 Å². The van der Waals surface area contributed by atoms with Gasteiger partial charge in [0.05, 0.1) is 10.8 Å². The van der Waals surface area contributed by atoms with Crippen molar-refractivity contribution in [3.05, 3.63) is 28.8 Å². The van der Waals surface area contributed by atoms with Gasteiger partial charge in [0.15, 0.2) is 0 Å². The predicted octanol–water partition coefficient (Wildman–Crippen LogP) is 2.73. The molecular formula is C15H21NOS. The summed E-state index contributed by atoms with van der Waals surface area (Å²) in [5, 5.41) is 3.56. The van der Waals surface area contributed by atoms with Gasteiger partial charge in [-0.05, 0) is 61.4 Å². The summed E-state index contributed by atoms with van der Waals surface area (Å²) in [5.41, 5.74) is 4.25. The second-order valence-corrected chi connectivity index (χ2v) is 6.85. The summed E-state index contributed by atoms with van der Waals surface area (Å²) in [4.78, 5) is 1.11. The quantitative estimate of drug-likeness (QED) is 0.889. The zero-order valence-corrected chi connectivity index (χ0v) is 11.8. The normalized spacial score (nSPS) is 26.5. The third-order valence-electron chi connectivity index (χ3n) is 4.12. The van der Waals surface area contributed by atoms with Gasteiger partial charge in [0.25, 0.3) is 0 Å². The highest BCUT2D eigenvalue weighted by Crippen LogP contribution is 2.34. The van der Waals surface area contributed by atoms with E-state index in [1.165, 1.54) is 36.0 Å². The fraction of sp³-hybridized carbons (Fsp3) is 0.600. The van der Waals surface area contributed by atoms with E-state index in [1.54, 1.807) is 0 Å². The Morgan fingerprint density at radius 2 is 2.06 bits per heavy atom. The summed E-state index contributed by atoms with van der Waals surface area (Å²) in [5.74, 6) is 0.827. The molecule has 0 saturated heterocycles. The first-order valence-electron chi connectivity index (χ1n) is 7.07. The first-order valence-corrected chi connectivity index (χ1v) is 8.39. The molecule has 2 unspecified atom stereocenters. The number of aryl methyl sites for hydroxylation is 2. The topological polar surface area (TPSA) is 29.1 Å². The van der Waals surface area contributed by atoms with E-state index < -0.39 is 10.8 Å². The van der Waals surface area contributed by atoms with Crippen LogP contribution >= 0.6 is 0 Å². The standard InChI is InChI=1S/C15H21NOS/c1-2-16-14-7-4-8-18(17)15-10-12-6-3-5-11(12)9-13(14)15/h9-10,14,16H,2-8H2,1H3. The molecule has 0 aromatic heterocycles. The van der Waals surface area contributed by atoms with Crippen LogP contribution in [0.1, 0.15) is 48.9 Å². The van der Waals surface area contributed by atoms with Crippen molar-refractivity contribution < 1.29 is 4.21 Å². The summed E-state index contributed by atoms with van der Waals surface area (Å²) in [6, 6.07) is 4.99. The molecule has 2 nitrogen and oxygen atoms in total. The van der Waals surface area contributed by atoms with Gasteiger partial charge >= 0.3 is 0 Å². The molecule has 1 aliphatic heterocycles. The molecule has 2 aliphatic rings. The maximum absolute atomic E-state index is 12.3. The van der Waals surface area contributed by atoms with Gasteiger partial charge in [-0.3, -0.25) is 4.21 Å². The van der Waals surface area contributed by atoms with E-state index in [0.29, 0.717) is 6.04 Å². The van der Waals surface area contributed by atoms with E-state index in [4.69, 9.17) is 0 Å². The van der Waals surface area contributed by atoms with Crippen molar-refractivity contribution >= 4 is 10.8 Å². The fourth-order valence-electron chi connectivity index (χ4n) is 3.23. The van der Waals surface area contributed by atoms with Crippen molar-refractivity contribution in [2.45, 2.75) is 50.0 Å².